The predicted octanol–water partition coefficient (Wildman–Crippen LogP) is 4.14. The average molecular weight is 519 g/mol. The molecule has 6 rings (SSSR count). The first-order chi connectivity index (χ1) is 19.4. The molecule has 9 nitrogen and oxygen atoms in total. The molecule has 0 saturated heterocycles. The van der Waals surface area contributed by atoms with Gasteiger partial charge in [-0.3, -0.25) is 4.79 Å². The van der Waals surface area contributed by atoms with E-state index in [9.17, 15) is 13.6 Å². The third-order valence-corrected chi connectivity index (χ3v) is 7.16. The van der Waals surface area contributed by atoms with Gasteiger partial charge in [-0.2, -0.15) is 19.1 Å². The van der Waals surface area contributed by atoms with Crippen molar-refractivity contribution in [1.29, 1.82) is 5.26 Å². The molecule has 1 aliphatic heterocycles. The molecule has 2 aliphatic rings. The summed E-state index contributed by atoms with van der Waals surface area (Å²) in [6, 6.07) is 8.91. The molecule has 0 fully saturated rings. The van der Waals surface area contributed by atoms with Gasteiger partial charge >= 0.3 is 6.61 Å². The number of halogens is 2. The Morgan fingerprint density at radius 1 is 1.29 bits per heavy atom. The van der Waals surface area contributed by atoms with Crippen molar-refractivity contribution in [2.45, 2.75) is 43.9 Å². The summed E-state index contributed by atoms with van der Waals surface area (Å²) in [5.74, 6) is -1.30. The fourth-order valence-corrected chi connectivity index (χ4v) is 5.38. The zero-order chi connectivity index (χ0) is 29.3. The number of nitrogens with two attached hydrogens (primary N) is 1. The van der Waals surface area contributed by atoms with Gasteiger partial charge in [0, 0.05) is 57.9 Å². The van der Waals surface area contributed by atoms with Crippen LogP contribution in [0.3, 0.4) is 0 Å². The third-order valence-electron chi connectivity index (χ3n) is 7.16. The Morgan fingerprint density at radius 2 is 2.08 bits per heavy atom. The topological polar surface area (TPSA) is 122 Å². The number of hydrogen-bond donors (Lipinski definition) is 1. The van der Waals surface area contributed by atoms with Gasteiger partial charge in [0.25, 0.3) is 5.91 Å². The Kier molecular flexibility index (Phi) is 4.64. The first-order valence-electron chi connectivity index (χ1n) is 13.3. The summed E-state index contributed by atoms with van der Waals surface area (Å²) in [4.78, 5) is 23.1. The van der Waals surface area contributed by atoms with E-state index in [1.807, 2.05) is 12.1 Å². The molecule has 4 heterocycles. The monoisotopic (exact) mass is 518 g/mol. The molecule has 0 radical (unpaired) electrons. The van der Waals surface area contributed by atoms with Crippen LogP contribution in [0.2, 0.25) is 0 Å². The highest BCUT2D eigenvalue weighted by Crippen LogP contribution is 2.53. The zero-order valence-corrected chi connectivity index (χ0v) is 20.1. The Hall–Kier alpha value is -4.43. The van der Waals surface area contributed by atoms with E-state index < -0.39 is 37.0 Å². The molecule has 0 unspecified atom stereocenters. The second kappa shape index (κ2) is 8.56. The third kappa shape index (κ3) is 3.60. The van der Waals surface area contributed by atoms with Crippen molar-refractivity contribution in [1.82, 2.24) is 24.5 Å². The Labute approximate surface area is 220 Å². The lowest BCUT2D eigenvalue weighted by atomic mass is 9.88. The van der Waals surface area contributed by atoms with Crippen LogP contribution in [0.5, 0.6) is 5.75 Å². The van der Waals surface area contributed by atoms with Crippen LogP contribution in [0.15, 0.2) is 48.9 Å². The number of amides is 1. The van der Waals surface area contributed by atoms with Gasteiger partial charge in [0.05, 0.1) is 35.3 Å². The van der Waals surface area contributed by atoms with Crippen molar-refractivity contribution >= 4 is 11.4 Å². The summed E-state index contributed by atoms with van der Waals surface area (Å²) in [6.45, 7) is -4.28. The fourth-order valence-electron chi connectivity index (χ4n) is 5.38. The van der Waals surface area contributed by atoms with Crippen LogP contribution in [-0.4, -0.2) is 44.0 Å². The number of carbonyl (C=O) groups is 1. The van der Waals surface area contributed by atoms with E-state index in [0.717, 1.165) is 4.90 Å². The molecule has 4 aromatic rings. The highest BCUT2D eigenvalue weighted by Gasteiger charge is 2.46. The van der Waals surface area contributed by atoms with Gasteiger partial charge in [-0.15, -0.1) is 0 Å². The highest BCUT2D eigenvalue weighted by atomic mass is 19.3. The van der Waals surface area contributed by atoms with Crippen LogP contribution >= 0.6 is 0 Å². The van der Waals surface area contributed by atoms with Crippen LogP contribution in [0, 0.1) is 11.3 Å². The van der Waals surface area contributed by atoms with Gasteiger partial charge in [-0.05, 0) is 43.2 Å². The number of nitrogens with zero attached hydrogens (tertiary/aromatic N) is 6. The molecule has 38 heavy (non-hydrogen) atoms. The molecule has 3 aromatic heterocycles. The normalized spacial score (nSPS) is 21.1. The fraction of sp³-hybridized carbons (Fsp3) is 0.296. The summed E-state index contributed by atoms with van der Waals surface area (Å²) >= 11 is 0. The minimum absolute atomic E-state index is 0.000814. The quantitative estimate of drug-likeness (QED) is 0.421. The summed E-state index contributed by atoms with van der Waals surface area (Å²) in [6.07, 6.45) is 5.06. The van der Waals surface area contributed by atoms with E-state index in [-0.39, 0.29) is 29.7 Å². The number of alkyl halides is 2. The van der Waals surface area contributed by atoms with Gasteiger partial charge < -0.3 is 15.4 Å². The average Bonchev–Trinajstić information content (AvgIpc) is 3.40. The number of rotatable bonds is 5. The van der Waals surface area contributed by atoms with E-state index in [4.69, 9.17) is 19.8 Å². The Morgan fingerprint density at radius 3 is 2.79 bits per heavy atom. The van der Waals surface area contributed by atoms with E-state index in [1.54, 1.807) is 36.1 Å². The van der Waals surface area contributed by atoms with E-state index in [2.05, 4.69) is 15.1 Å². The van der Waals surface area contributed by atoms with E-state index in [1.165, 1.54) is 18.2 Å². The molecule has 1 aromatic carbocycles. The number of carbonyl (C=O) groups excluding carboxylic acids is 1. The number of ether oxygens (including phenoxy) is 1. The molecular weight excluding hydrogens is 492 g/mol. The van der Waals surface area contributed by atoms with Crippen molar-refractivity contribution in [3.05, 3.63) is 77.1 Å². The SMILES string of the molecule is [2H]C([2H])([2H])N1C(=O)c2cccc(OC(F)F)c2[C@H]2C[C@@H]1c1nn3ccc(-c4cnc([C@@](C)(N)CC#N)nc4)cc3c12. The standard InChI is InChI=1S/C27H23F2N7O2/c1-27(31,7-8-30)25-32-12-15(13-33-25)14-6-9-36-18(10-14)22-17-11-19(23(22)34-36)35(2)24(37)16-4-3-5-20(21(16)17)38-26(28)29/h3-6,9-10,12-13,17,19,26H,7,11,31H2,1-2H3/t17-,19-,27+/m1/s1/i2D3. The molecule has 1 aliphatic carbocycles. The van der Waals surface area contributed by atoms with Crippen molar-refractivity contribution in [2.24, 2.45) is 5.73 Å². The summed E-state index contributed by atoms with van der Waals surface area (Å²) in [5, 5.41) is 13.7. The maximum atomic E-state index is 13.6. The first kappa shape index (κ1) is 20.6. The first-order valence-corrected chi connectivity index (χ1v) is 11.8. The summed E-state index contributed by atoms with van der Waals surface area (Å²) in [5.41, 5.74) is 8.35. The molecule has 2 bridgehead atoms. The van der Waals surface area contributed by atoms with Crippen LogP contribution in [0.25, 0.3) is 16.6 Å². The predicted molar refractivity (Wildman–Crippen MR) is 132 cm³/mol. The van der Waals surface area contributed by atoms with Crippen LogP contribution in [0.4, 0.5) is 8.78 Å². The molecule has 1 amide bonds. The van der Waals surface area contributed by atoms with Gasteiger partial charge in [-0.25, -0.2) is 14.5 Å². The smallest absolute Gasteiger partial charge is 0.387 e. The number of fused-ring (bicyclic) bond motifs is 9. The lowest BCUT2D eigenvalue weighted by Crippen LogP contribution is -2.34. The van der Waals surface area contributed by atoms with Gasteiger partial charge in [0.1, 0.15) is 11.6 Å². The largest absolute Gasteiger partial charge is 0.434 e. The van der Waals surface area contributed by atoms with E-state index >= 15 is 0 Å². The van der Waals surface area contributed by atoms with Crippen LogP contribution < -0.4 is 10.5 Å². The number of nitriles is 1. The van der Waals surface area contributed by atoms with Crippen molar-refractivity contribution in [3.63, 3.8) is 0 Å². The second-order valence-corrected chi connectivity index (χ2v) is 9.67. The molecule has 192 valence electrons. The van der Waals surface area contributed by atoms with Crippen molar-refractivity contribution < 1.29 is 22.4 Å². The minimum Gasteiger partial charge on any atom is -0.434 e. The Bertz CT molecular complexity index is 1730. The number of benzene rings is 1. The maximum absolute atomic E-state index is 13.6. The molecular formula is C27H23F2N7O2. The van der Waals surface area contributed by atoms with Crippen molar-refractivity contribution in [2.75, 3.05) is 6.98 Å². The zero-order valence-electron chi connectivity index (χ0n) is 23.1. The Balaban J connectivity index is 1.52. The second-order valence-electron chi connectivity index (χ2n) is 9.67. The maximum Gasteiger partial charge on any atom is 0.387 e. The summed E-state index contributed by atoms with van der Waals surface area (Å²) < 4.78 is 57.6. The number of aromatic nitrogens is 4. The lowest BCUT2D eigenvalue weighted by molar-refractivity contribution is -0.0505. The van der Waals surface area contributed by atoms with Crippen molar-refractivity contribution in [3.8, 4) is 22.9 Å². The van der Waals surface area contributed by atoms with Crippen LogP contribution in [0.1, 0.15) is 68.8 Å². The molecule has 0 spiro atoms. The summed E-state index contributed by atoms with van der Waals surface area (Å²) in [7, 11) is 0. The van der Waals surface area contributed by atoms with E-state index in [0.29, 0.717) is 33.7 Å². The minimum atomic E-state index is -3.14. The van der Waals surface area contributed by atoms with Gasteiger partial charge in [-0.1, -0.05) is 6.07 Å². The van der Waals surface area contributed by atoms with Crippen LogP contribution in [-0.2, 0) is 5.54 Å². The molecule has 11 heteroatoms. The molecule has 2 N–H and O–H groups in total. The number of pyridine rings is 1. The lowest BCUT2D eigenvalue weighted by Gasteiger charge is -2.23. The molecule has 3 atom stereocenters. The van der Waals surface area contributed by atoms with Gasteiger partial charge in [0.2, 0.25) is 0 Å². The molecule has 0 saturated carbocycles. The highest BCUT2D eigenvalue weighted by molar-refractivity contribution is 5.98. The van der Waals surface area contributed by atoms with Gasteiger partial charge in [0.15, 0.2) is 0 Å². The number of hydrogen-bond acceptors (Lipinski definition) is 7.